The molecule has 0 radical (unpaired) electrons. The number of ether oxygens (including phenoxy) is 1. The van der Waals surface area contributed by atoms with E-state index in [1.807, 2.05) is 48.5 Å². The molecule has 4 nitrogen and oxygen atoms in total. The minimum atomic E-state index is -0.330. The first-order valence-electron chi connectivity index (χ1n) is 7.86. The van der Waals surface area contributed by atoms with Crippen LogP contribution >= 0.6 is 11.6 Å². The van der Waals surface area contributed by atoms with Gasteiger partial charge in [0.2, 0.25) is 0 Å². The molecule has 0 saturated carbocycles. The molecule has 0 aliphatic carbocycles. The van der Waals surface area contributed by atoms with Gasteiger partial charge in [0.05, 0.1) is 11.7 Å². The Hall–Kier alpha value is -2.85. The van der Waals surface area contributed by atoms with Crippen LogP contribution in [0.4, 0.5) is 0 Å². The fraction of sp³-hybridized carbons (Fsp3) is 0.100. The van der Waals surface area contributed by atoms with E-state index >= 15 is 0 Å². The molecule has 0 bridgehead atoms. The molecule has 3 aromatic rings. The highest BCUT2D eigenvalue weighted by molar-refractivity contribution is 6.30. The Morgan fingerprint density at radius 3 is 2.40 bits per heavy atom. The molecule has 1 N–H and O–H groups in total. The number of aromatic nitrogens is 1. The molecule has 0 saturated heterocycles. The summed E-state index contributed by atoms with van der Waals surface area (Å²) in [5.41, 5.74) is 1.73. The summed E-state index contributed by atoms with van der Waals surface area (Å²) in [5.74, 6) is 0.364. The van der Waals surface area contributed by atoms with E-state index in [2.05, 4.69) is 10.3 Å². The summed E-state index contributed by atoms with van der Waals surface area (Å²) >= 11 is 5.84. The van der Waals surface area contributed by atoms with Crippen LogP contribution < -0.4 is 10.1 Å². The summed E-state index contributed by atoms with van der Waals surface area (Å²) in [5, 5.41) is 3.60. The van der Waals surface area contributed by atoms with Crippen molar-refractivity contribution in [3.8, 4) is 5.75 Å². The lowest BCUT2D eigenvalue weighted by Gasteiger charge is -2.19. The predicted molar refractivity (Wildman–Crippen MR) is 97.6 cm³/mol. The lowest BCUT2D eigenvalue weighted by Crippen LogP contribution is -2.33. The third kappa shape index (κ3) is 4.81. The van der Waals surface area contributed by atoms with Crippen LogP contribution in [0.2, 0.25) is 5.02 Å². The third-order valence-electron chi connectivity index (χ3n) is 3.61. The Kier molecular flexibility index (Phi) is 5.65. The van der Waals surface area contributed by atoms with E-state index in [0.717, 1.165) is 11.3 Å². The zero-order chi connectivity index (χ0) is 17.5. The number of carbonyl (C=O) groups is 1. The van der Waals surface area contributed by atoms with Gasteiger partial charge in [-0.1, -0.05) is 48.0 Å². The van der Waals surface area contributed by atoms with Crippen molar-refractivity contribution in [3.63, 3.8) is 0 Å². The summed E-state index contributed by atoms with van der Waals surface area (Å²) in [6.45, 7) is -0.0855. The van der Waals surface area contributed by atoms with Gasteiger partial charge >= 0.3 is 0 Å². The Labute approximate surface area is 151 Å². The van der Waals surface area contributed by atoms with Crippen molar-refractivity contribution < 1.29 is 9.53 Å². The van der Waals surface area contributed by atoms with Gasteiger partial charge in [0.15, 0.2) is 6.61 Å². The normalized spacial score (nSPS) is 11.6. The van der Waals surface area contributed by atoms with Crippen molar-refractivity contribution in [2.24, 2.45) is 0 Å². The summed E-state index contributed by atoms with van der Waals surface area (Å²) in [7, 11) is 0. The molecule has 2 aromatic carbocycles. The Bertz CT molecular complexity index is 769. The second kappa shape index (κ2) is 8.31. The quantitative estimate of drug-likeness (QED) is 0.729. The van der Waals surface area contributed by atoms with Crippen LogP contribution in [0.3, 0.4) is 0 Å². The summed E-state index contributed by atoms with van der Waals surface area (Å²) in [4.78, 5) is 16.7. The summed E-state index contributed by atoms with van der Waals surface area (Å²) < 4.78 is 5.50. The van der Waals surface area contributed by atoms with Gasteiger partial charge in [0.1, 0.15) is 5.75 Å². The second-order valence-electron chi connectivity index (χ2n) is 5.41. The number of hydrogen-bond donors (Lipinski definition) is 1. The molecule has 0 fully saturated rings. The first kappa shape index (κ1) is 17.0. The molecule has 0 aliphatic heterocycles. The molecule has 1 aromatic heterocycles. The minimum absolute atomic E-state index is 0.0855. The van der Waals surface area contributed by atoms with Crippen molar-refractivity contribution in [1.29, 1.82) is 0 Å². The van der Waals surface area contributed by atoms with Crippen LogP contribution in [0, 0.1) is 0 Å². The van der Waals surface area contributed by atoms with Crippen LogP contribution in [0.1, 0.15) is 17.3 Å². The minimum Gasteiger partial charge on any atom is -0.484 e. The molecule has 0 unspecified atom stereocenters. The molecule has 0 aliphatic rings. The average Bonchev–Trinajstić information content (AvgIpc) is 2.67. The topological polar surface area (TPSA) is 51.2 Å². The van der Waals surface area contributed by atoms with Gasteiger partial charge in [0, 0.05) is 11.2 Å². The van der Waals surface area contributed by atoms with Gasteiger partial charge < -0.3 is 10.1 Å². The monoisotopic (exact) mass is 352 g/mol. The van der Waals surface area contributed by atoms with E-state index < -0.39 is 0 Å². The predicted octanol–water partition coefficient (Wildman–Crippen LogP) is 4.02. The molecule has 1 heterocycles. The van der Waals surface area contributed by atoms with Crippen LogP contribution in [0.25, 0.3) is 0 Å². The first-order valence-corrected chi connectivity index (χ1v) is 8.24. The first-order chi connectivity index (χ1) is 12.2. The van der Waals surface area contributed by atoms with Gasteiger partial charge in [-0.15, -0.1) is 0 Å². The lowest BCUT2D eigenvalue weighted by molar-refractivity contribution is -0.123. The largest absolute Gasteiger partial charge is 0.484 e. The van der Waals surface area contributed by atoms with E-state index in [-0.39, 0.29) is 18.6 Å². The van der Waals surface area contributed by atoms with Crippen LogP contribution in [0.15, 0.2) is 79.0 Å². The average molecular weight is 353 g/mol. The number of rotatable bonds is 6. The Balaban J connectivity index is 1.69. The zero-order valence-electron chi connectivity index (χ0n) is 13.4. The molecule has 126 valence electrons. The smallest absolute Gasteiger partial charge is 0.258 e. The van der Waals surface area contributed by atoms with Crippen molar-refractivity contribution in [3.05, 3.63) is 95.3 Å². The standard InChI is InChI=1S/C20H17ClN2O2/c21-16-9-11-17(12-10-16)25-14-19(24)23-20(15-6-2-1-3-7-15)18-8-4-5-13-22-18/h1-13,20H,14H2,(H,23,24)/t20-/m0/s1. The number of nitrogens with zero attached hydrogens (tertiary/aromatic N) is 1. The van der Waals surface area contributed by atoms with E-state index in [9.17, 15) is 4.79 Å². The van der Waals surface area contributed by atoms with E-state index in [4.69, 9.17) is 16.3 Å². The van der Waals surface area contributed by atoms with Crippen molar-refractivity contribution in [2.75, 3.05) is 6.61 Å². The number of benzene rings is 2. The second-order valence-corrected chi connectivity index (χ2v) is 5.84. The fourth-order valence-corrected chi connectivity index (χ4v) is 2.53. The lowest BCUT2D eigenvalue weighted by atomic mass is 10.0. The number of nitrogens with one attached hydrogen (secondary N) is 1. The fourth-order valence-electron chi connectivity index (χ4n) is 2.40. The van der Waals surface area contributed by atoms with Gasteiger partial charge in [-0.25, -0.2) is 0 Å². The van der Waals surface area contributed by atoms with E-state index in [0.29, 0.717) is 10.8 Å². The van der Waals surface area contributed by atoms with Gasteiger partial charge in [-0.2, -0.15) is 0 Å². The third-order valence-corrected chi connectivity index (χ3v) is 3.86. The molecule has 25 heavy (non-hydrogen) atoms. The van der Waals surface area contributed by atoms with Crippen LogP contribution in [-0.4, -0.2) is 17.5 Å². The maximum Gasteiger partial charge on any atom is 0.258 e. The van der Waals surface area contributed by atoms with Crippen LogP contribution in [0.5, 0.6) is 5.75 Å². The van der Waals surface area contributed by atoms with Crippen molar-refractivity contribution in [2.45, 2.75) is 6.04 Å². The molecule has 1 atom stereocenters. The van der Waals surface area contributed by atoms with E-state index in [1.54, 1.807) is 30.5 Å². The molecule has 5 heteroatoms. The van der Waals surface area contributed by atoms with Gasteiger partial charge in [0.25, 0.3) is 5.91 Å². The number of hydrogen-bond acceptors (Lipinski definition) is 3. The highest BCUT2D eigenvalue weighted by Gasteiger charge is 2.18. The van der Waals surface area contributed by atoms with Crippen molar-refractivity contribution in [1.82, 2.24) is 10.3 Å². The Morgan fingerprint density at radius 1 is 1.00 bits per heavy atom. The number of carbonyl (C=O) groups excluding carboxylic acids is 1. The molecule has 1 amide bonds. The highest BCUT2D eigenvalue weighted by Crippen LogP contribution is 2.20. The molecular formula is C20H17ClN2O2. The number of pyridine rings is 1. The molecular weight excluding hydrogens is 336 g/mol. The summed E-state index contributed by atoms with van der Waals surface area (Å²) in [6.07, 6.45) is 1.71. The SMILES string of the molecule is O=C(COc1ccc(Cl)cc1)N[C@@H](c1ccccc1)c1ccccn1. The van der Waals surface area contributed by atoms with Gasteiger partial charge in [-0.05, 0) is 42.0 Å². The number of halogens is 1. The maximum atomic E-state index is 12.4. The molecule has 3 rings (SSSR count). The maximum absolute atomic E-state index is 12.4. The summed E-state index contributed by atoms with van der Waals surface area (Å²) in [6, 6.07) is 21.9. The molecule has 0 spiro atoms. The van der Waals surface area contributed by atoms with Gasteiger partial charge in [-0.3, -0.25) is 9.78 Å². The van der Waals surface area contributed by atoms with Crippen molar-refractivity contribution >= 4 is 17.5 Å². The van der Waals surface area contributed by atoms with E-state index in [1.165, 1.54) is 0 Å². The Morgan fingerprint density at radius 2 is 1.72 bits per heavy atom. The highest BCUT2D eigenvalue weighted by atomic mass is 35.5. The van der Waals surface area contributed by atoms with Crippen LogP contribution in [-0.2, 0) is 4.79 Å². The zero-order valence-corrected chi connectivity index (χ0v) is 14.2. The number of amides is 1.